The van der Waals surface area contributed by atoms with Crippen molar-refractivity contribution in [3.8, 4) is 0 Å². The van der Waals surface area contributed by atoms with Gasteiger partial charge in [0.1, 0.15) is 11.6 Å². The first-order valence-electron chi connectivity index (χ1n) is 14.8. The van der Waals surface area contributed by atoms with Gasteiger partial charge in [0.15, 0.2) is 0 Å². The highest BCUT2D eigenvalue weighted by molar-refractivity contribution is 5.57. The molecule has 4 saturated heterocycles. The second kappa shape index (κ2) is 11.7. The first kappa shape index (κ1) is 27.0. The largest absolute Gasteiger partial charge is 0.377 e. The lowest BCUT2D eigenvalue weighted by atomic mass is 9.95. The lowest BCUT2D eigenvalue weighted by Gasteiger charge is -2.42. The number of hydrogen-bond acceptors (Lipinski definition) is 8. The quantitative estimate of drug-likeness (QED) is 0.515. The van der Waals surface area contributed by atoms with Crippen LogP contribution in [0.5, 0.6) is 0 Å². The molecule has 1 aromatic heterocycles. The molecule has 0 radical (unpaired) electrons. The van der Waals surface area contributed by atoms with Crippen LogP contribution >= 0.6 is 0 Å². The first-order valence-corrected chi connectivity index (χ1v) is 14.8. The summed E-state index contributed by atoms with van der Waals surface area (Å²) in [6.45, 7) is 19.7. The summed E-state index contributed by atoms with van der Waals surface area (Å²) in [4.78, 5) is 18.5. The highest BCUT2D eigenvalue weighted by Crippen LogP contribution is 2.30. The van der Waals surface area contributed by atoms with Crippen LogP contribution in [0.4, 0.5) is 21.5 Å². The highest BCUT2D eigenvalue weighted by atomic mass is 19.1. The number of rotatable bonds is 8. The van der Waals surface area contributed by atoms with Crippen molar-refractivity contribution in [2.24, 2.45) is 11.8 Å². The Kier molecular flexibility index (Phi) is 7.94. The van der Waals surface area contributed by atoms with Gasteiger partial charge >= 0.3 is 0 Å². The number of nitrogens with zero attached hydrogens (tertiary/aromatic N) is 6. The van der Waals surface area contributed by atoms with Crippen LogP contribution in [0.15, 0.2) is 55.1 Å². The standard InChI is InChI=1S/C31H43FN8/c1-22-4-6-30(23(2)35-22)36-27-5-7-31(29(32)14-27)39-10-8-25(9-11-39)17-37-12-13-38(21-37)18-26-19-40(20-26)28-15-33-24(3)34-16-28/h5,7,14-16,25-26,30,35-36H,1-2,4,6,8-13,17-21H2,3H3. The smallest absolute Gasteiger partial charge is 0.148 e. The Labute approximate surface area is 237 Å². The molecular weight excluding hydrogens is 503 g/mol. The SMILES string of the molecule is C=C1CCC(Nc2ccc(N3CCC(CN4CCN(CC5CN(c6cnc(C)nc6)C5)C4)CC3)c(F)c2)C(=C)N1. The van der Waals surface area contributed by atoms with Gasteiger partial charge in [0, 0.05) is 75.4 Å². The average Bonchev–Trinajstić information content (AvgIpc) is 3.36. The summed E-state index contributed by atoms with van der Waals surface area (Å²) >= 11 is 0. The summed E-state index contributed by atoms with van der Waals surface area (Å²) in [5, 5.41) is 6.64. The molecule has 9 heteroatoms. The fourth-order valence-corrected chi connectivity index (χ4v) is 6.62. The summed E-state index contributed by atoms with van der Waals surface area (Å²) in [6.07, 6.45) is 7.92. The number of aromatic nitrogens is 2. The highest BCUT2D eigenvalue weighted by Gasteiger charge is 2.32. The molecule has 0 saturated carbocycles. The van der Waals surface area contributed by atoms with Gasteiger partial charge in [0.05, 0.1) is 36.5 Å². The number of nitrogens with one attached hydrogen (secondary N) is 2. The zero-order chi connectivity index (χ0) is 27.6. The van der Waals surface area contributed by atoms with E-state index >= 15 is 4.39 Å². The number of aryl methyl sites for hydroxylation is 1. The molecule has 0 aliphatic carbocycles. The Hall–Kier alpha value is -3.17. The maximum atomic E-state index is 15.1. The third-order valence-electron chi connectivity index (χ3n) is 8.99. The van der Waals surface area contributed by atoms with Gasteiger partial charge in [-0.3, -0.25) is 9.80 Å². The molecular formula is C31H43FN8. The van der Waals surface area contributed by atoms with E-state index in [9.17, 15) is 0 Å². The Morgan fingerprint density at radius 3 is 2.33 bits per heavy atom. The molecule has 2 aromatic rings. The molecule has 8 nitrogen and oxygen atoms in total. The molecule has 40 heavy (non-hydrogen) atoms. The Bertz CT molecular complexity index is 1200. The van der Waals surface area contributed by atoms with Crippen molar-refractivity contribution >= 4 is 17.1 Å². The summed E-state index contributed by atoms with van der Waals surface area (Å²) < 4.78 is 15.1. The monoisotopic (exact) mass is 546 g/mol. The van der Waals surface area contributed by atoms with E-state index in [1.54, 1.807) is 6.07 Å². The van der Waals surface area contributed by atoms with Crippen LogP contribution < -0.4 is 20.4 Å². The summed E-state index contributed by atoms with van der Waals surface area (Å²) in [6, 6.07) is 5.65. The maximum absolute atomic E-state index is 15.1. The Morgan fingerprint density at radius 1 is 0.950 bits per heavy atom. The number of hydrogen-bond donors (Lipinski definition) is 2. The summed E-state index contributed by atoms with van der Waals surface area (Å²) in [7, 11) is 0. The second-order valence-corrected chi connectivity index (χ2v) is 12.1. The van der Waals surface area contributed by atoms with Crippen LogP contribution in [-0.4, -0.2) is 84.8 Å². The van der Waals surface area contributed by atoms with Gasteiger partial charge < -0.3 is 20.4 Å². The number of anilines is 3. The van der Waals surface area contributed by atoms with Crippen molar-refractivity contribution in [1.29, 1.82) is 0 Å². The molecule has 0 amide bonds. The number of benzene rings is 1. The van der Waals surface area contributed by atoms with E-state index in [2.05, 4.69) is 53.4 Å². The van der Waals surface area contributed by atoms with Crippen molar-refractivity contribution < 1.29 is 4.39 Å². The fraction of sp³-hybridized carbons (Fsp3) is 0.548. The second-order valence-electron chi connectivity index (χ2n) is 12.1. The van der Waals surface area contributed by atoms with Crippen molar-refractivity contribution in [3.63, 3.8) is 0 Å². The molecule has 2 N–H and O–H groups in total. The molecule has 214 valence electrons. The molecule has 0 bridgehead atoms. The minimum absolute atomic E-state index is 0.0881. The molecule has 4 aliphatic rings. The average molecular weight is 547 g/mol. The predicted molar refractivity (Wildman–Crippen MR) is 160 cm³/mol. The fourth-order valence-electron chi connectivity index (χ4n) is 6.62. The van der Waals surface area contributed by atoms with E-state index in [1.807, 2.05) is 31.5 Å². The summed E-state index contributed by atoms with van der Waals surface area (Å²) in [5.41, 5.74) is 4.54. The lowest BCUT2D eigenvalue weighted by Crippen LogP contribution is -2.51. The van der Waals surface area contributed by atoms with Gasteiger partial charge in [-0.05, 0) is 56.7 Å². The minimum atomic E-state index is -0.151. The van der Waals surface area contributed by atoms with Crippen molar-refractivity contribution in [2.75, 3.05) is 74.1 Å². The first-order chi connectivity index (χ1) is 19.4. The Balaban J connectivity index is 0.914. The number of piperidine rings is 2. The molecule has 1 atom stereocenters. The van der Waals surface area contributed by atoms with Crippen molar-refractivity contribution in [1.82, 2.24) is 25.1 Å². The van der Waals surface area contributed by atoms with Crippen LogP contribution in [0, 0.1) is 24.6 Å². The molecule has 0 spiro atoms. The van der Waals surface area contributed by atoms with Crippen LogP contribution in [-0.2, 0) is 0 Å². The number of allylic oxidation sites excluding steroid dienone is 1. The zero-order valence-electron chi connectivity index (χ0n) is 23.8. The van der Waals surface area contributed by atoms with Gasteiger partial charge in [-0.1, -0.05) is 13.2 Å². The van der Waals surface area contributed by atoms with Gasteiger partial charge in [0.2, 0.25) is 0 Å². The minimum Gasteiger partial charge on any atom is -0.377 e. The topological polar surface area (TPSA) is 62.8 Å². The zero-order valence-corrected chi connectivity index (χ0v) is 23.8. The molecule has 5 heterocycles. The van der Waals surface area contributed by atoms with Gasteiger partial charge in [-0.25, -0.2) is 14.4 Å². The van der Waals surface area contributed by atoms with Gasteiger partial charge in [-0.2, -0.15) is 0 Å². The molecule has 1 unspecified atom stereocenters. The third-order valence-corrected chi connectivity index (χ3v) is 8.99. The number of halogens is 1. The predicted octanol–water partition coefficient (Wildman–Crippen LogP) is 4.04. The van der Waals surface area contributed by atoms with Crippen LogP contribution in [0.3, 0.4) is 0 Å². The van der Waals surface area contributed by atoms with Crippen LogP contribution in [0.25, 0.3) is 0 Å². The normalized spacial score (nSPS) is 23.4. The molecule has 6 rings (SSSR count). The molecule has 4 fully saturated rings. The van der Waals surface area contributed by atoms with E-state index in [0.29, 0.717) is 5.92 Å². The van der Waals surface area contributed by atoms with Crippen molar-refractivity contribution in [3.05, 3.63) is 66.8 Å². The van der Waals surface area contributed by atoms with E-state index < -0.39 is 0 Å². The molecule has 1 aromatic carbocycles. The van der Waals surface area contributed by atoms with Crippen LogP contribution in [0.2, 0.25) is 0 Å². The molecule has 4 aliphatic heterocycles. The summed E-state index contributed by atoms with van der Waals surface area (Å²) in [5.74, 6) is 2.08. The van der Waals surface area contributed by atoms with Gasteiger partial charge in [-0.15, -0.1) is 0 Å². The van der Waals surface area contributed by atoms with E-state index in [4.69, 9.17) is 0 Å². The van der Waals surface area contributed by atoms with E-state index in [-0.39, 0.29) is 11.9 Å². The Morgan fingerprint density at radius 2 is 1.65 bits per heavy atom. The van der Waals surface area contributed by atoms with E-state index in [0.717, 1.165) is 118 Å². The lowest BCUT2D eigenvalue weighted by molar-refractivity contribution is 0.181. The maximum Gasteiger partial charge on any atom is 0.148 e. The van der Waals surface area contributed by atoms with Gasteiger partial charge in [0.25, 0.3) is 0 Å². The van der Waals surface area contributed by atoms with E-state index in [1.165, 1.54) is 6.54 Å². The van der Waals surface area contributed by atoms with Crippen LogP contribution in [0.1, 0.15) is 31.5 Å². The van der Waals surface area contributed by atoms with Crippen molar-refractivity contribution in [2.45, 2.75) is 38.6 Å². The third kappa shape index (κ3) is 6.25.